The molecule has 0 saturated carbocycles. The molecule has 1 N–H and O–H groups in total. The van der Waals surface area contributed by atoms with Gasteiger partial charge in [-0.1, -0.05) is 23.2 Å². The summed E-state index contributed by atoms with van der Waals surface area (Å²) >= 11 is 13.5. The second-order valence-electron chi connectivity index (χ2n) is 4.41. The predicted molar refractivity (Wildman–Crippen MR) is 84.9 cm³/mol. The lowest BCUT2D eigenvalue weighted by Gasteiger charge is -2.20. The second-order valence-corrected chi connectivity index (χ2v) is 6.70. The molecule has 102 valence electrons. The van der Waals surface area contributed by atoms with Gasteiger partial charge in [0.2, 0.25) is 0 Å². The highest BCUT2D eigenvalue weighted by atomic mass is 35.5. The van der Waals surface area contributed by atoms with Gasteiger partial charge in [0.15, 0.2) is 5.82 Å². The molecule has 0 aliphatic rings. The van der Waals surface area contributed by atoms with Gasteiger partial charge in [0.25, 0.3) is 0 Å². The van der Waals surface area contributed by atoms with Crippen molar-refractivity contribution in [3.8, 4) is 0 Å². The van der Waals surface area contributed by atoms with Crippen molar-refractivity contribution < 1.29 is 0 Å². The van der Waals surface area contributed by atoms with E-state index in [-0.39, 0.29) is 6.04 Å². The summed E-state index contributed by atoms with van der Waals surface area (Å²) in [5, 5.41) is 3.42. The Morgan fingerprint density at radius 3 is 2.68 bits per heavy atom. The fourth-order valence-corrected chi connectivity index (χ4v) is 3.47. The van der Waals surface area contributed by atoms with Crippen LogP contribution in [0.3, 0.4) is 0 Å². The molecule has 0 aliphatic heterocycles. The fourth-order valence-electron chi connectivity index (χ4n) is 1.83. The molecule has 1 unspecified atom stereocenters. The van der Waals surface area contributed by atoms with Gasteiger partial charge in [-0.2, -0.15) is 0 Å². The van der Waals surface area contributed by atoms with Gasteiger partial charge >= 0.3 is 0 Å². The molecular weight excluding hydrogens is 301 g/mol. The van der Waals surface area contributed by atoms with Crippen molar-refractivity contribution in [2.45, 2.75) is 13.0 Å². The Morgan fingerprint density at radius 1 is 1.37 bits per heavy atom. The first kappa shape index (κ1) is 14.4. The Morgan fingerprint density at radius 2 is 2.11 bits per heavy atom. The molecule has 1 atom stereocenters. The van der Waals surface area contributed by atoms with E-state index in [0.717, 1.165) is 21.4 Å². The van der Waals surface area contributed by atoms with E-state index in [0.29, 0.717) is 4.34 Å². The summed E-state index contributed by atoms with van der Waals surface area (Å²) in [6.45, 7) is 2.05. The number of rotatable bonds is 4. The van der Waals surface area contributed by atoms with Crippen LogP contribution < -0.4 is 10.2 Å². The van der Waals surface area contributed by atoms with E-state index in [1.807, 2.05) is 37.2 Å². The lowest BCUT2D eigenvalue weighted by Crippen LogP contribution is -2.15. The van der Waals surface area contributed by atoms with Gasteiger partial charge in [0.1, 0.15) is 0 Å². The minimum atomic E-state index is 0.0687. The van der Waals surface area contributed by atoms with Crippen molar-refractivity contribution in [1.29, 1.82) is 0 Å². The number of pyridine rings is 1. The number of nitrogens with zero attached hydrogens (tertiary/aromatic N) is 2. The highest BCUT2D eigenvalue weighted by Gasteiger charge is 2.15. The van der Waals surface area contributed by atoms with Gasteiger partial charge in [-0.3, -0.25) is 0 Å². The van der Waals surface area contributed by atoms with Gasteiger partial charge < -0.3 is 10.2 Å². The first-order valence-electron chi connectivity index (χ1n) is 5.82. The maximum Gasteiger partial charge on any atom is 0.151 e. The van der Waals surface area contributed by atoms with Gasteiger partial charge in [-0.15, -0.1) is 11.3 Å². The molecule has 0 aliphatic carbocycles. The number of aromatic nitrogens is 1. The zero-order chi connectivity index (χ0) is 14.0. The first-order valence-corrected chi connectivity index (χ1v) is 7.40. The summed E-state index contributed by atoms with van der Waals surface area (Å²) in [5.41, 5.74) is 1.98. The summed E-state index contributed by atoms with van der Waals surface area (Å²) in [6.07, 6.45) is 1.78. The van der Waals surface area contributed by atoms with Crippen LogP contribution in [-0.2, 0) is 0 Å². The van der Waals surface area contributed by atoms with Crippen molar-refractivity contribution in [2.75, 3.05) is 24.3 Å². The smallest absolute Gasteiger partial charge is 0.151 e. The summed E-state index contributed by atoms with van der Waals surface area (Å²) in [7, 11) is 3.93. The van der Waals surface area contributed by atoms with E-state index in [9.17, 15) is 0 Å². The van der Waals surface area contributed by atoms with Crippen LogP contribution in [0.4, 0.5) is 11.5 Å². The molecule has 0 amide bonds. The minimum Gasteiger partial charge on any atom is -0.375 e. The molecule has 0 saturated heterocycles. The Kier molecular flexibility index (Phi) is 4.55. The molecule has 19 heavy (non-hydrogen) atoms. The Balaban J connectivity index is 2.24. The van der Waals surface area contributed by atoms with Gasteiger partial charge in [-0.25, -0.2) is 4.98 Å². The van der Waals surface area contributed by atoms with Crippen molar-refractivity contribution in [3.05, 3.63) is 38.6 Å². The van der Waals surface area contributed by atoms with Crippen molar-refractivity contribution in [2.24, 2.45) is 0 Å². The molecule has 2 aromatic rings. The van der Waals surface area contributed by atoms with E-state index in [1.165, 1.54) is 11.3 Å². The molecule has 0 radical (unpaired) electrons. The SMILES string of the molecule is CC(Nc1cccnc1N(C)C)c1cc(Cl)sc1Cl. The van der Waals surface area contributed by atoms with Crippen molar-refractivity contribution >= 4 is 46.0 Å². The van der Waals surface area contributed by atoms with Crippen molar-refractivity contribution in [1.82, 2.24) is 4.98 Å². The van der Waals surface area contributed by atoms with Crippen LogP contribution in [0.1, 0.15) is 18.5 Å². The van der Waals surface area contributed by atoms with Crippen LogP contribution >= 0.6 is 34.5 Å². The number of hydrogen-bond donors (Lipinski definition) is 1. The Bertz CT molecular complexity index is 569. The minimum absolute atomic E-state index is 0.0687. The molecule has 2 heterocycles. The number of anilines is 2. The largest absolute Gasteiger partial charge is 0.375 e. The third-order valence-corrected chi connectivity index (χ3v) is 4.25. The van der Waals surface area contributed by atoms with Crippen LogP contribution in [0, 0.1) is 0 Å². The van der Waals surface area contributed by atoms with Crippen LogP contribution in [0.15, 0.2) is 24.4 Å². The number of nitrogens with one attached hydrogen (secondary N) is 1. The van der Waals surface area contributed by atoms with E-state index in [4.69, 9.17) is 23.2 Å². The van der Waals surface area contributed by atoms with E-state index < -0.39 is 0 Å². The summed E-state index contributed by atoms with van der Waals surface area (Å²) in [6, 6.07) is 5.88. The average molecular weight is 316 g/mol. The topological polar surface area (TPSA) is 28.2 Å². The van der Waals surface area contributed by atoms with Crippen LogP contribution in [0.25, 0.3) is 0 Å². The lowest BCUT2D eigenvalue weighted by molar-refractivity contribution is 0.885. The van der Waals surface area contributed by atoms with Crippen molar-refractivity contribution in [3.63, 3.8) is 0 Å². The number of thiophene rings is 1. The third kappa shape index (κ3) is 3.32. The normalized spacial score (nSPS) is 12.3. The number of hydrogen-bond acceptors (Lipinski definition) is 4. The maximum absolute atomic E-state index is 6.18. The summed E-state index contributed by atoms with van der Waals surface area (Å²) in [4.78, 5) is 6.33. The van der Waals surface area contributed by atoms with Gasteiger partial charge in [0.05, 0.1) is 20.4 Å². The van der Waals surface area contributed by atoms with Crippen LogP contribution in [0.5, 0.6) is 0 Å². The summed E-state index contributed by atoms with van der Waals surface area (Å²) < 4.78 is 1.42. The monoisotopic (exact) mass is 315 g/mol. The van der Waals surface area contributed by atoms with Gasteiger partial charge in [-0.05, 0) is 25.1 Å². The molecule has 3 nitrogen and oxygen atoms in total. The number of halogens is 2. The zero-order valence-electron chi connectivity index (χ0n) is 10.9. The molecule has 0 spiro atoms. The van der Waals surface area contributed by atoms with E-state index in [2.05, 4.69) is 17.2 Å². The lowest BCUT2D eigenvalue weighted by atomic mass is 10.1. The third-order valence-electron chi connectivity index (χ3n) is 2.73. The quantitative estimate of drug-likeness (QED) is 0.887. The van der Waals surface area contributed by atoms with Gasteiger partial charge in [0, 0.05) is 25.9 Å². The predicted octanol–water partition coefficient (Wildman–Crippen LogP) is 4.69. The molecular formula is C13H15Cl2N3S. The maximum atomic E-state index is 6.18. The Hall–Kier alpha value is -0.970. The summed E-state index contributed by atoms with van der Waals surface area (Å²) in [5.74, 6) is 0.895. The zero-order valence-corrected chi connectivity index (χ0v) is 13.3. The van der Waals surface area contributed by atoms with Crippen LogP contribution in [0.2, 0.25) is 8.67 Å². The van der Waals surface area contributed by atoms with E-state index >= 15 is 0 Å². The molecule has 2 aromatic heterocycles. The second kappa shape index (κ2) is 5.99. The fraction of sp³-hybridized carbons (Fsp3) is 0.308. The van der Waals surface area contributed by atoms with Crippen LogP contribution in [-0.4, -0.2) is 19.1 Å². The molecule has 0 bridgehead atoms. The highest BCUT2D eigenvalue weighted by molar-refractivity contribution is 7.20. The molecule has 2 rings (SSSR count). The molecule has 0 aromatic carbocycles. The standard InChI is InChI=1S/C13H15Cl2N3S/c1-8(9-7-11(14)19-12(9)15)17-10-5-4-6-16-13(10)18(2)3/h4-8,17H,1-3H3. The first-order chi connectivity index (χ1) is 8.99. The molecule has 6 heteroatoms. The van der Waals surface area contributed by atoms with E-state index in [1.54, 1.807) is 6.20 Å². The highest BCUT2D eigenvalue weighted by Crippen LogP contribution is 2.36. The molecule has 0 fully saturated rings. The Labute approximate surface area is 127 Å². The average Bonchev–Trinajstić information content (AvgIpc) is 2.69.